The van der Waals surface area contributed by atoms with Gasteiger partial charge in [-0.3, -0.25) is 9.36 Å². The summed E-state index contributed by atoms with van der Waals surface area (Å²) in [6.07, 6.45) is 0. The third-order valence-electron chi connectivity index (χ3n) is 5.88. The Balaban J connectivity index is 1.56. The monoisotopic (exact) mass is 513 g/mol. The van der Waals surface area contributed by atoms with E-state index in [-0.39, 0.29) is 22.8 Å². The zero-order chi connectivity index (χ0) is 26.6. The molecule has 8 heteroatoms. The number of phenolic OH excluding ortho intramolecular Hbond substituents is 1. The summed E-state index contributed by atoms with van der Waals surface area (Å²) in [7, 11) is 0. The van der Waals surface area contributed by atoms with Gasteiger partial charge in [0.25, 0.3) is 5.91 Å². The van der Waals surface area contributed by atoms with Crippen LogP contribution < -0.4 is 5.43 Å². The van der Waals surface area contributed by atoms with E-state index in [0.717, 1.165) is 22.4 Å². The summed E-state index contributed by atoms with van der Waals surface area (Å²) in [6.45, 7) is 10.4. The molecule has 0 atom stereocenters. The molecular weight excluding hydrogens is 482 g/mol. The molecule has 0 spiro atoms. The van der Waals surface area contributed by atoms with Crippen molar-refractivity contribution in [3.63, 3.8) is 0 Å². The van der Waals surface area contributed by atoms with Crippen LogP contribution in [-0.4, -0.2) is 37.2 Å². The summed E-state index contributed by atoms with van der Waals surface area (Å²) in [5.41, 5.74) is 8.23. The molecule has 0 fully saturated rings. The molecule has 4 rings (SSSR count). The molecule has 3 aromatic carbocycles. The van der Waals surface area contributed by atoms with Gasteiger partial charge in [0.1, 0.15) is 5.75 Å². The fourth-order valence-electron chi connectivity index (χ4n) is 3.70. The second kappa shape index (κ2) is 11.0. The van der Waals surface area contributed by atoms with E-state index in [2.05, 4.69) is 65.8 Å². The summed E-state index contributed by atoms with van der Waals surface area (Å²) in [6, 6.07) is 23.2. The highest BCUT2D eigenvalue weighted by molar-refractivity contribution is 7.99. The number of hydrogen-bond donors (Lipinski definition) is 2. The standard InChI is InChI=1S/C29H31N5O2S/c1-19-9-15-24(16-10-19)34-27(21-11-13-23(14-12-21)29(3,4)5)32-33-28(34)37-18-26(36)31-30-20(2)22-7-6-8-25(35)17-22/h6-17,35H,18H2,1-5H3,(H,31,36)/b30-20-. The van der Waals surface area contributed by atoms with Gasteiger partial charge in [0.15, 0.2) is 11.0 Å². The van der Waals surface area contributed by atoms with E-state index in [1.165, 1.54) is 17.3 Å². The van der Waals surface area contributed by atoms with E-state index in [1.54, 1.807) is 25.1 Å². The largest absolute Gasteiger partial charge is 0.508 e. The Bertz CT molecular complexity index is 1420. The lowest BCUT2D eigenvalue weighted by Crippen LogP contribution is -2.21. The molecule has 0 aliphatic rings. The average molecular weight is 514 g/mol. The summed E-state index contributed by atoms with van der Waals surface area (Å²) in [5.74, 6) is 0.710. The van der Waals surface area contributed by atoms with E-state index in [0.29, 0.717) is 16.7 Å². The van der Waals surface area contributed by atoms with Crippen LogP contribution in [0.25, 0.3) is 17.1 Å². The zero-order valence-corrected chi connectivity index (χ0v) is 22.5. The normalized spacial score (nSPS) is 12.0. The molecule has 0 saturated carbocycles. The predicted octanol–water partition coefficient (Wildman–Crippen LogP) is 5.88. The van der Waals surface area contributed by atoms with Crippen molar-refractivity contribution in [3.05, 3.63) is 89.5 Å². The molecule has 7 nitrogen and oxygen atoms in total. The lowest BCUT2D eigenvalue weighted by Gasteiger charge is -2.19. The number of carbonyl (C=O) groups excluding carboxylic acids is 1. The van der Waals surface area contributed by atoms with Gasteiger partial charge >= 0.3 is 0 Å². The molecule has 1 amide bonds. The van der Waals surface area contributed by atoms with Crippen molar-refractivity contribution in [2.75, 3.05) is 5.75 Å². The number of aryl methyl sites for hydroxylation is 1. The van der Waals surface area contributed by atoms with Gasteiger partial charge in [0, 0.05) is 16.8 Å². The van der Waals surface area contributed by atoms with Crippen LogP contribution in [0.15, 0.2) is 83.1 Å². The molecule has 0 radical (unpaired) electrons. The molecular formula is C29H31N5O2S. The predicted molar refractivity (Wildman–Crippen MR) is 149 cm³/mol. The van der Waals surface area contributed by atoms with Crippen LogP contribution in [0.2, 0.25) is 0 Å². The molecule has 4 aromatic rings. The summed E-state index contributed by atoms with van der Waals surface area (Å²) in [5, 5.41) is 23.3. The minimum absolute atomic E-state index is 0.0548. The van der Waals surface area contributed by atoms with Gasteiger partial charge in [-0.25, -0.2) is 5.43 Å². The Kier molecular flexibility index (Phi) is 7.78. The Hall–Kier alpha value is -3.91. The van der Waals surface area contributed by atoms with Gasteiger partial charge in [-0.2, -0.15) is 5.10 Å². The molecule has 1 aromatic heterocycles. The van der Waals surface area contributed by atoms with Gasteiger partial charge in [0.2, 0.25) is 0 Å². The first-order valence-electron chi connectivity index (χ1n) is 12.0. The molecule has 190 valence electrons. The molecule has 37 heavy (non-hydrogen) atoms. The van der Waals surface area contributed by atoms with Crippen LogP contribution in [0.3, 0.4) is 0 Å². The maximum atomic E-state index is 12.6. The minimum atomic E-state index is -0.265. The molecule has 0 aliphatic heterocycles. The average Bonchev–Trinajstić information content (AvgIpc) is 3.30. The van der Waals surface area contributed by atoms with Crippen LogP contribution in [-0.2, 0) is 10.2 Å². The van der Waals surface area contributed by atoms with Crippen molar-refractivity contribution in [2.24, 2.45) is 5.10 Å². The highest BCUT2D eigenvalue weighted by Crippen LogP contribution is 2.30. The first kappa shape index (κ1) is 26.2. The number of thioether (sulfide) groups is 1. The second-order valence-electron chi connectivity index (χ2n) is 9.88. The van der Waals surface area contributed by atoms with E-state index in [1.807, 2.05) is 41.8 Å². The van der Waals surface area contributed by atoms with Crippen molar-refractivity contribution in [1.29, 1.82) is 0 Å². The van der Waals surface area contributed by atoms with E-state index in [4.69, 9.17) is 0 Å². The van der Waals surface area contributed by atoms with Crippen LogP contribution in [0, 0.1) is 6.92 Å². The van der Waals surface area contributed by atoms with Crippen molar-refractivity contribution in [2.45, 2.75) is 45.2 Å². The summed E-state index contributed by atoms with van der Waals surface area (Å²) < 4.78 is 1.98. The molecule has 0 aliphatic carbocycles. The molecule has 0 saturated heterocycles. The molecule has 2 N–H and O–H groups in total. The quantitative estimate of drug-likeness (QED) is 0.183. The Labute approximate surface area is 221 Å². The Morgan fingerprint density at radius 2 is 1.73 bits per heavy atom. The van der Waals surface area contributed by atoms with Gasteiger partial charge in [-0.1, -0.05) is 86.6 Å². The zero-order valence-electron chi connectivity index (χ0n) is 21.7. The van der Waals surface area contributed by atoms with E-state index >= 15 is 0 Å². The number of phenols is 1. The van der Waals surface area contributed by atoms with Crippen molar-refractivity contribution in [3.8, 4) is 22.8 Å². The molecule has 0 bridgehead atoms. The van der Waals surface area contributed by atoms with Gasteiger partial charge in [-0.15, -0.1) is 10.2 Å². The van der Waals surface area contributed by atoms with Crippen LogP contribution in [0.5, 0.6) is 5.75 Å². The SMILES string of the molecule is C/C(=N/NC(=O)CSc1nnc(-c2ccc(C(C)(C)C)cc2)n1-c1ccc(C)cc1)c1cccc(O)c1. The number of aromatic hydroxyl groups is 1. The van der Waals surface area contributed by atoms with Crippen molar-refractivity contribution >= 4 is 23.4 Å². The van der Waals surface area contributed by atoms with Crippen LogP contribution in [0.4, 0.5) is 0 Å². The first-order chi connectivity index (χ1) is 17.6. The van der Waals surface area contributed by atoms with Crippen LogP contribution in [0.1, 0.15) is 44.4 Å². The Morgan fingerprint density at radius 3 is 2.38 bits per heavy atom. The van der Waals surface area contributed by atoms with Crippen LogP contribution >= 0.6 is 11.8 Å². The van der Waals surface area contributed by atoms with E-state index in [9.17, 15) is 9.90 Å². The molecule has 1 heterocycles. The molecule has 0 unspecified atom stereocenters. The summed E-state index contributed by atoms with van der Waals surface area (Å²) in [4.78, 5) is 12.6. The number of carbonyl (C=O) groups is 1. The van der Waals surface area contributed by atoms with Gasteiger partial charge in [-0.05, 0) is 49.1 Å². The van der Waals surface area contributed by atoms with Gasteiger partial charge < -0.3 is 5.11 Å². The maximum absolute atomic E-state index is 12.6. The smallest absolute Gasteiger partial charge is 0.250 e. The van der Waals surface area contributed by atoms with E-state index < -0.39 is 0 Å². The number of amides is 1. The third kappa shape index (κ3) is 6.46. The fraction of sp³-hybridized carbons (Fsp3) is 0.241. The fourth-order valence-corrected chi connectivity index (χ4v) is 4.44. The number of aromatic nitrogens is 3. The number of nitrogens with zero attached hydrogens (tertiary/aromatic N) is 4. The Morgan fingerprint density at radius 1 is 1.03 bits per heavy atom. The first-order valence-corrected chi connectivity index (χ1v) is 13.0. The van der Waals surface area contributed by atoms with Crippen molar-refractivity contribution < 1.29 is 9.90 Å². The minimum Gasteiger partial charge on any atom is -0.508 e. The summed E-state index contributed by atoms with van der Waals surface area (Å²) >= 11 is 1.30. The lowest BCUT2D eigenvalue weighted by molar-refractivity contribution is -0.118. The number of hydrazone groups is 1. The number of nitrogens with one attached hydrogen (secondary N) is 1. The lowest BCUT2D eigenvalue weighted by atomic mass is 9.87. The maximum Gasteiger partial charge on any atom is 0.250 e. The van der Waals surface area contributed by atoms with Crippen molar-refractivity contribution in [1.82, 2.24) is 20.2 Å². The van der Waals surface area contributed by atoms with Gasteiger partial charge in [0.05, 0.1) is 11.5 Å². The highest BCUT2D eigenvalue weighted by atomic mass is 32.2. The second-order valence-corrected chi connectivity index (χ2v) is 10.8. The highest BCUT2D eigenvalue weighted by Gasteiger charge is 2.19. The number of hydrogen-bond acceptors (Lipinski definition) is 6. The number of benzene rings is 3. The number of rotatable bonds is 7. The third-order valence-corrected chi connectivity index (χ3v) is 6.81. The topological polar surface area (TPSA) is 92.4 Å².